The number of methoxy groups -OCH3 is 1. The first-order chi connectivity index (χ1) is 14.1. The lowest BCUT2D eigenvalue weighted by Gasteiger charge is -2.26. The Morgan fingerprint density at radius 2 is 2.13 bits per heavy atom. The number of ether oxygens (including phenoxy) is 2. The number of hydrogen-bond donors (Lipinski definition) is 1. The smallest absolute Gasteiger partial charge is 0.305 e. The molecule has 0 spiro atoms. The number of aliphatic hydroxyl groups excluding tert-OH is 1. The predicted molar refractivity (Wildman–Crippen MR) is 122 cm³/mol. The van der Waals surface area contributed by atoms with E-state index in [9.17, 15) is 14.3 Å². The molecule has 30 heavy (non-hydrogen) atoms. The number of esters is 1. The average molecular weight is 542 g/mol. The van der Waals surface area contributed by atoms with Gasteiger partial charge in [0.2, 0.25) is 0 Å². The summed E-state index contributed by atoms with van der Waals surface area (Å²) in [4.78, 5) is 11.3. The lowest BCUT2D eigenvalue weighted by atomic mass is 9.84. The zero-order valence-electron chi connectivity index (χ0n) is 18.5. The first-order valence-corrected chi connectivity index (χ1v) is 12.4. The molecule has 1 saturated carbocycles. The summed E-state index contributed by atoms with van der Waals surface area (Å²) in [5, 5.41) is 10.3. The van der Waals surface area contributed by atoms with E-state index >= 15 is 4.39 Å². The number of halogens is 3. The van der Waals surface area contributed by atoms with Crippen molar-refractivity contribution in [2.24, 2.45) is 17.8 Å². The molecule has 1 aliphatic heterocycles. The van der Waals surface area contributed by atoms with Gasteiger partial charge in [-0.1, -0.05) is 61.4 Å². The molecule has 9 atom stereocenters. The van der Waals surface area contributed by atoms with Gasteiger partial charge < -0.3 is 14.6 Å². The molecule has 0 radical (unpaired) electrons. The van der Waals surface area contributed by atoms with Crippen molar-refractivity contribution in [2.45, 2.75) is 99.8 Å². The molecular weight excluding hydrogens is 505 g/mol. The molecule has 2 fully saturated rings. The molecule has 0 amide bonds. The maximum Gasteiger partial charge on any atom is 0.305 e. The molecule has 2 rings (SSSR count). The molecule has 1 N–H and O–H groups in total. The van der Waals surface area contributed by atoms with E-state index in [1.807, 2.05) is 13.0 Å². The first-order valence-electron chi connectivity index (χ1n) is 11.2. The Hall–Kier alpha value is -0.280. The van der Waals surface area contributed by atoms with Crippen molar-refractivity contribution in [3.8, 4) is 0 Å². The highest BCUT2D eigenvalue weighted by molar-refractivity contribution is 14.1. The second-order valence-corrected chi connectivity index (χ2v) is 10.7. The van der Waals surface area contributed by atoms with Crippen molar-refractivity contribution in [3.63, 3.8) is 0 Å². The molecule has 1 heterocycles. The fourth-order valence-electron chi connectivity index (χ4n) is 4.78. The van der Waals surface area contributed by atoms with Crippen LogP contribution in [0.1, 0.15) is 65.7 Å². The predicted octanol–water partition coefficient (Wildman–Crippen LogP) is 5.35. The summed E-state index contributed by atoms with van der Waals surface area (Å²) in [5.74, 6) is -0.384. The SMILES string of the molecule is CCCCC(C)(F)[C@H](O)/C=C/[C@@H]1[C@H]2C(F)[C@H](C(I)CCCC(=O)OC)O[C@@H]2C[C@H]1C. The van der Waals surface area contributed by atoms with E-state index in [-0.39, 0.29) is 33.8 Å². The largest absolute Gasteiger partial charge is 0.469 e. The van der Waals surface area contributed by atoms with Crippen molar-refractivity contribution in [1.29, 1.82) is 0 Å². The Bertz CT molecular complexity index is 586. The number of aliphatic hydroxyl groups is 1. The highest BCUT2D eigenvalue weighted by atomic mass is 127. The van der Waals surface area contributed by atoms with Gasteiger partial charge in [-0.05, 0) is 44.4 Å². The lowest BCUT2D eigenvalue weighted by molar-refractivity contribution is -0.140. The third-order valence-corrected chi connectivity index (χ3v) is 8.08. The van der Waals surface area contributed by atoms with Crippen LogP contribution < -0.4 is 0 Å². The van der Waals surface area contributed by atoms with Gasteiger partial charge >= 0.3 is 5.97 Å². The van der Waals surface area contributed by atoms with E-state index in [2.05, 4.69) is 34.3 Å². The summed E-state index contributed by atoms with van der Waals surface area (Å²) in [6, 6.07) is 0. The van der Waals surface area contributed by atoms with Gasteiger partial charge in [-0.15, -0.1) is 0 Å². The van der Waals surface area contributed by atoms with Crippen LogP contribution in [-0.4, -0.2) is 52.3 Å². The average Bonchev–Trinajstić information content (AvgIpc) is 3.19. The highest BCUT2D eigenvalue weighted by Crippen LogP contribution is 2.50. The van der Waals surface area contributed by atoms with E-state index in [0.29, 0.717) is 25.7 Å². The molecular formula is C23H37F2IO4. The quantitative estimate of drug-likeness (QED) is 0.166. The third-order valence-electron chi connectivity index (χ3n) is 6.74. The van der Waals surface area contributed by atoms with Gasteiger partial charge in [-0.3, -0.25) is 4.79 Å². The fraction of sp³-hybridized carbons (Fsp3) is 0.870. The molecule has 2 aliphatic rings. The summed E-state index contributed by atoms with van der Waals surface area (Å²) in [6.07, 6.45) is 4.71. The van der Waals surface area contributed by atoms with Crippen molar-refractivity contribution in [2.75, 3.05) is 7.11 Å². The molecule has 0 aromatic carbocycles. The Labute approximate surface area is 193 Å². The van der Waals surface area contributed by atoms with E-state index in [1.165, 1.54) is 20.1 Å². The molecule has 0 bridgehead atoms. The summed E-state index contributed by atoms with van der Waals surface area (Å²) in [7, 11) is 1.36. The van der Waals surface area contributed by atoms with E-state index in [1.54, 1.807) is 0 Å². The fourth-order valence-corrected chi connectivity index (χ4v) is 5.79. The maximum absolute atomic E-state index is 15.4. The van der Waals surface area contributed by atoms with Gasteiger partial charge in [0, 0.05) is 16.3 Å². The molecule has 0 aromatic heterocycles. The van der Waals surface area contributed by atoms with Crippen molar-refractivity contribution in [1.82, 2.24) is 0 Å². The number of allylic oxidation sites excluding steroid dienone is 1. The summed E-state index contributed by atoms with van der Waals surface area (Å²) in [5.41, 5.74) is -1.68. The van der Waals surface area contributed by atoms with Crippen LogP contribution in [0.2, 0.25) is 0 Å². The van der Waals surface area contributed by atoms with Crippen LogP contribution in [0, 0.1) is 17.8 Å². The second kappa shape index (κ2) is 11.5. The highest BCUT2D eigenvalue weighted by Gasteiger charge is 2.55. The van der Waals surface area contributed by atoms with Crippen LogP contribution in [0.5, 0.6) is 0 Å². The Morgan fingerprint density at radius 1 is 1.43 bits per heavy atom. The van der Waals surface area contributed by atoms with Crippen molar-refractivity contribution < 1.29 is 28.2 Å². The molecule has 1 aliphatic carbocycles. The molecule has 4 nitrogen and oxygen atoms in total. The zero-order valence-corrected chi connectivity index (χ0v) is 20.7. The van der Waals surface area contributed by atoms with Gasteiger partial charge in [-0.2, -0.15) is 0 Å². The standard InChI is InChI=1S/C23H37F2IO4/c1-5-6-12-23(3,25)18(27)11-10-15-14(2)13-17-20(15)21(24)22(30-17)16(26)8-7-9-19(28)29-4/h10-11,14-18,20-22,27H,5-9,12-13H2,1-4H3/b11-10+/t14-,15+,16?,17-,18-,20-,21?,22+,23?/m1/s1. The van der Waals surface area contributed by atoms with Gasteiger partial charge in [0.1, 0.15) is 24.0 Å². The second-order valence-electron chi connectivity index (χ2n) is 9.15. The van der Waals surface area contributed by atoms with Crippen LogP contribution in [0.3, 0.4) is 0 Å². The zero-order chi connectivity index (χ0) is 22.5. The van der Waals surface area contributed by atoms with Crippen molar-refractivity contribution in [3.05, 3.63) is 12.2 Å². The van der Waals surface area contributed by atoms with Crippen molar-refractivity contribution >= 4 is 28.6 Å². The normalized spacial score (nSPS) is 35.2. The van der Waals surface area contributed by atoms with E-state index < -0.39 is 24.0 Å². The van der Waals surface area contributed by atoms with Crippen LogP contribution in [0.15, 0.2) is 12.2 Å². The number of unbranched alkanes of at least 4 members (excludes halogenated alkanes) is 1. The third kappa shape index (κ3) is 6.37. The molecule has 0 aromatic rings. The number of hydrogen-bond acceptors (Lipinski definition) is 4. The van der Waals surface area contributed by atoms with Gasteiger partial charge in [0.15, 0.2) is 0 Å². The van der Waals surface area contributed by atoms with E-state index in [4.69, 9.17) is 4.74 Å². The molecule has 174 valence electrons. The number of alkyl halides is 3. The Kier molecular flexibility index (Phi) is 10.00. The van der Waals surface area contributed by atoms with E-state index in [0.717, 1.165) is 19.3 Å². The summed E-state index contributed by atoms with van der Waals surface area (Å²) >= 11 is 2.22. The number of carbonyl (C=O) groups excluding carboxylic acids is 1. The first kappa shape index (κ1) is 26.0. The monoisotopic (exact) mass is 542 g/mol. The number of carbonyl (C=O) groups is 1. The topological polar surface area (TPSA) is 55.8 Å². The van der Waals surface area contributed by atoms with Crippen LogP contribution in [-0.2, 0) is 14.3 Å². The Balaban J connectivity index is 1.97. The summed E-state index contributed by atoms with van der Waals surface area (Å²) < 4.78 is 40.9. The number of fused-ring (bicyclic) bond motifs is 1. The lowest BCUT2D eigenvalue weighted by Crippen LogP contribution is -2.34. The van der Waals surface area contributed by atoms with Crippen LogP contribution >= 0.6 is 22.6 Å². The minimum absolute atomic E-state index is 0.0263. The van der Waals surface area contributed by atoms with Gasteiger partial charge in [0.05, 0.1) is 13.2 Å². The molecule has 3 unspecified atom stereocenters. The van der Waals surface area contributed by atoms with Crippen LogP contribution in [0.25, 0.3) is 0 Å². The number of rotatable bonds is 11. The minimum atomic E-state index is -1.68. The Morgan fingerprint density at radius 3 is 2.77 bits per heavy atom. The van der Waals surface area contributed by atoms with Gasteiger partial charge in [0.25, 0.3) is 0 Å². The summed E-state index contributed by atoms with van der Waals surface area (Å²) in [6.45, 7) is 5.49. The molecule has 1 saturated heterocycles. The van der Waals surface area contributed by atoms with Crippen LogP contribution in [0.4, 0.5) is 8.78 Å². The minimum Gasteiger partial charge on any atom is -0.469 e. The maximum atomic E-state index is 15.4. The van der Waals surface area contributed by atoms with Gasteiger partial charge in [-0.25, -0.2) is 8.78 Å². The molecule has 7 heteroatoms.